The second kappa shape index (κ2) is 8.08. The lowest BCUT2D eigenvalue weighted by molar-refractivity contribution is -0.131. The van der Waals surface area contributed by atoms with Gasteiger partial charge in [0.05, 0.1) is 18.3 Å². The summed E-state index contributed by atoms with van der Waals surface area (Å²) in [6.07, 6.45) is 2.97. The molecule has 2 unspecified atom stereocenters. The standard InChI is InChI=1S/C15H29N3O3/c1-11-9-18(10-12(2)20-11)7-3-6-17-15(19)14-5-4-13(8-16)21-14/h11-14H,3-10,16H2,1-2H3,(H,17,19)/t11?,12?,13-,14+/m1/s1. The average molecular weight is 299 g/mol. The van der Waals surface area contributed by atoms with Crippen LogP contribution in [0, 0.1) is 0 Å². The third-order valence-electron chi connectivity index (χ3n) is 4.11. The van der Waals surface area contributed by atoms with Gasteiger partial charge >= 0.3 is 0 Å². The molecular formula is C15H29N3O3. The van der Waals surface area contributed by atoms with E-state index in [1.54, 1.807) is 0 Å². The molecule has 2 heterocycles. The van der Waals surface area contributed by atoms with Crippen molar-refractivity contribution >= 4 is 5.91 Å². The van der Waals surface area contributed by atoms with Gasteiger partial charge in [-0.1, -0.05) is 0 Å². The van der Waals surface area contributed by atoms with Gasteiger partial charge < -0.3 is 20.5 Å². The van der Waals surface area contributed by atoms with Crippen LogP contribution < -0.4 is 11.1 Å². The van der Waals surface area contributed by atoms with Crippen molar-refractivity contribution in [2.75, 3.05) is 32.7 Å². The van der Waals surface area contributed by atoms with E-state index in [4.69, 9.17) is 15.2 Å². The number of rotatable bonds is 6. The van der Waals surface area contributed by atoms with E-state index >= 15 is 0 Å². The number of carbonyl (C=O) groups is 1. The highest BCUT2D eigenvalue weighted by Crippen LogP contribution is 2.18. The van der Waals surface area contributed by atoms with Crippen LogP contribution in [0.3, 0.4) is 0 Å². The van der Waals surface area contributed by atoms with E-state index in [0.717, 1.165) is 38.9 Å². The number of nitrogens with one attached hydrogen (secondary N) is 1. The summed E-state index contributed by atoms with van der Waals surface area (Å²) >= 11 is 0. The van der Waals surface area contributed by atoms with Crippen LogP contribution in [0.25, 0.3) is 0 Å². The largest absolute Gasteiger partial charge is 0.373 e. The normalized spacial score (nSPS) is 34.0. The third kappa shape index (κ3) is 5.21. The van der Waals surface area contributed by atoms with Crippen LogP contribution in [0.15, 0.2) is 0 Å². The fourth-order valence-electron chi connectivity index (χ4n) is 3.17. The first kappa shape index (κ1) is 16.7. The van der Waals surface area contributed by atoms with Crippen LogP contribution in [-0.4, -0.2) is 67.9 Å². The van der Waals surface area contributed by atoms with Crippen molar-refractivity contribution in [3.8, 4) is 0 Å². The maximum Gasteiger partial charge on any atom is 0.249 e. The minimum Gasteiger partial charge on any atom is -0.373 e. The van der Waals surface area contributed by atoms with Crippen molar-refractivity contribution in [2.24, 2.45) is 5.73 Å². The van der Waals surface area contributed by atoms with Gasteiger partial charge in [0, 0.05) is 32.7 Å². The molecule has 21 heavy (non-hydrogen) atoms. The van der Waals surface area contributed by atoms with Gasteiger partial charge in [0.15, 0.2) is 0 Å². The highest BCUT2D eigenvalue weighted by atomic mass is 16.5. The first-order valence-electron chi connectivity index (χ1n) is 8.09. The summed E-state index contributed by atoms with van der Waals surface area (Å²) < 4.78 is 11.3. The lowest BCUT2D eigenvalue weighted by atomic mass is 10.2. The minimum absolute atomic E-state index is 0.00895. The molecule has 6 nitrogen and oxygen atoms in total. The van der Waals surface area contributed by atoms with Crippen molar-refractivity contribution in [3.05, 3.63) is 0 Å². The van der Waals surface area contributed by atoms with Gasteiger partial charge in [0.2, 0.25) is 5.91 Å². The number of hydrogen-bond acceptors (Lipinski definition) is 5. The van der Waals surface area contributed by atoms with Gasteiger partial charge in [0.1, 0.15) is 6.10 Å². The summed E-state index contributed by atoms with van der Waals surface area (Å²) in [4.78, 5) is 14.4. The smallest absolute Gasteiger partial charge is 0.249 e. The zero-order valence-corrected chi connectivity index (χ0v) is 13.2. The molecular weight excluding hydrogens is 270 g/mol. The Bertz CT molecular complexity index is 330. The van der Waals surface area contributed by atoms with Crippen molar-refractivity contribution in [2.45, 2.75) is 57.5 Å². The fourth-order valence-corrected chi connectivity index (χ4v) is 3.17. The zero-order chi connectivity index (χ0) is 15.2. The van der Waals surface area contributed by atoms with E-state index in [1.807, 2.05) is 0 Å². The molecule has 122 valence electrons. The molecule has 3 N–H and O–H groups in total. The Labute approximate surface area is 127 Å². The van der Waals surface area contributed by atoms with Crippen LogP contribution >= 0.6 is 0 Å². The number of nitrogens with two attached hydrogens (primary N) is 1. The van der Waals surface area contributed by atoms with E-state index in [0.29, 0.717) is 25.3 Å². The van der Waals surface area contributed by atoms with Crippen LogP contribution in [0.4, 0.5) is 0 Å². The predicted octanol–water partition coefficient (Wildman–Crippen LogP) is 0.108. The molecule has 0 aromatic rings. The van der Waals surface area contributed by atoms with Gasteiger partial charge in [-0.15, -0.1) is 0 Å². The Morgan fingerprint density at radius 3 is 2.57 bits per heavy atom. The maximum absolute atomic E-state index is 12.0. The second-order valence-corrected chi connectivity index (χ2v) is 6.22. The first-order chi connectivity index (χ1) is 10.1. The summed E-state index contributed by atoms with van der Waals surface area (Å²) in [7, 11) is 0. The van der Waals surface area contributed by atoms with Gasteiger partial charge in [-0.25, -0.2) is 0 Å². The van der Waals surface area contributed by atoms with Crippen molar-refractivity contribution in [1.82, 2.24) is 10.2 Å². The Morgan fingerprint density at radius 1 is 1.24 bits per heavy atom. The molecule has 0 aromatic carbocycles. The molecule has 2 aliphatic rings. The molecule has 6 heteroatoms. The lowest BCUT2D eigenvalue weighted by Gasteiger charge is -2.35. The molecule has 1 amide bonds. The Morgan fingerprint density at radius 2 is 1.95 bits per heavy atom. The molecule has 0 spiro atoms. The summed E-state index contributed by atoms with van der Waals surface area (Å²) in [6.45, 7) is 8.36. The van der Waals surface area contributed by atoms with E-state index in [1.165, 1.54) is 0 Å². The monoisotopic (exact) mass is 299 g/mol. The van der Waals surface area contributed by atoms with Crippen LogP contribution in [-0.2, 0) is 14.3 Å². The molecule has 2 rings (SSSR count). The quantitative estimate of drug-likeness (QED) is 0.681. The zero-order valence-electron chi connectivity index (χ0n) is 13.2. The second-order valence-electron chi connectivity index (χ2n) is 6.22. The average Bonchev–Trinajstić information content (AvgIpc) is 2.91. The van der Waals surface area contributed by atoms with Gasteiger partial charge in [-0.2, -0.15) is 0 Å². The third-order valence-corrected chi connectivity index (χ3v) is 4.11. The van der Waals surface area contributed by atoms with Crippen molar-refractivity contribution < 1.29 is 14.3 Å². The number of hydrogen-bond donors (Lipinski definition) is 2. The Kier molecular flexibility index (Phi) is 6.41. The summed E-state index contributed by atoms with van der Waals surface area (Å²) in [5.74, 6) is 0.00895. The molecule has 0 saturated carbocycles. The van der Waals surface area contributed by atoms with Crippen molar-refractivity contribution in [3.63, 3.8) is 0 Å². The van der Waals surface area contributed by atoms with Gasteiger partial charge in [-0.3, -0.25) is 9.69 Å². The maximum atomic E-state index is 12.0. The molecule has 0 bridgehead atoms. The minimum atomic E-state index is -0.304. The van der Waals surface area contributed by atoms with Crippen LogP contribution in [0.1, 0.15) is 33.1 Å². The van der Waals surface area contributed by atoms with E-state index in [2.05, 4.69) is 24.1 Å². The van der Waals surface area contributed by atoms with E-state index < -0.39 is 0 Å². The number of morpholine rings is 1. The Balaban J connectivity index is 1.58. The molecule has 0 radical (unpaired) electrons. The number of nitrogens with zero attached hydrogens (tertiary/aromatic N) is 1. The Hall–Kier alpha value is -0.690. The SMILES string of the molecule is CC1CN(CCCNC(=O)[C@@H]2CC[C@H](CN)O2)CC(C)O1. The van der Waals surface area contributed by atoms with E-state index in [-0.39, 0.29) is 18.1 Å². The molecule has 0 aromatic heterocycles. The van der Waals surface area contributed by atoms with Crippen LogP contribution in [0.2, 0.25) is 0 Å². The molecule has 4 atom stereocenters. The summed E-state index contributed by atoms with van der Waals surface area (Å²) in [5.41, 5.74) is 5.55. The molecule has 2 aliphatic heterocycles. The molecule has 0 aliphatic carbocycles. The number of ether oxygens (including phenoxy) is 2. The summed E-state index contributed by atoms with van der Waals surface area (Å²) in [6, 6.07) is 0. The topological polar surface area (TPSA) is 76.8 Å². The van der Waals surface area contributed by atoms with Crippen LogP contribution in [0.5, 0.6) is 0 Å². The van der Waals surface area contributed by atoms with Gasteiger partial charge in [-0.05, 0) is 33.1 Å². The fraction of sp³-hybridized carbons (Fsp3) is 0.933. The highest BCUT2D eigenvalue weighted by Gasteiger charge is 2.29. The lowest BCUT2D eigenvalue weighted by Crippen LogP contribution is -2.46. The predicted molar refractivity (Wildman–Crippen MR) is 81.0 cm³/mol. The number of amides is 1. The molecule has 2 fully saturated rings. The summed E-state index contributed by atoms with van der Waals surface area (Å²) in [5, 5.41) is 2.97. The number of carbonyl (C=O) groups excluding carboxylic acids is 1. The van der Waals surface area contributed by atoms with E-state index in [9.17, 15) is 4.79 Å². The highest BCUT2D eigenvalue weighted by molar-refractivity contribution is 5.80. The van der Waals surface area contributed by atoms with Crippen molar-refractivity contribution in [1.29, 1.82) is 0 Å². The molecule has 2 saturated heterocycles. The van der Waals surface area contributed by atoms with Gasteiger partial charge in [0.25, 0.3) is 0 Å². The first-order valence-corrected chi connectivity index (χ1v) is 8.09.